The third-order valence-corrected chi connectivity index (χ3v) is 4.79. The first-order valence-electron chi connectivity index (χ1n) is 8.46. The van der Waals surface area contributed by atoms with Crippen LogP contribution >= 0.6 is 0 Å². The van der Waals surface area contributed by atoms with Crippen molar-refractivity contribution in [3.05, 3.63) is 100.0 Å². The molecule has 0 saturated carbocycles. The zero-order valence-electron chi connectivity index (χ0n) is 13.9. The van der Waals surface area contributed by atoms with Gasteiger partial charge in [-0.3, -0.25) is 9.69 Å². The largest absolute Gasteiger partial charge is 0.503 e. The van der Waals surface area contributed by atoms with E-state index in [1.807, 2.05) is 28.8 Å². The van der Waals surface area contributed by atoms with Crippen LogP contribution in [0.3, 0.4) is 0 Å². The number of fused-ring (bicyclic) bond motifs is 1. The third-order valence-electron chi connectivity index (χ3n) is 4.79. The summed E-state index contributed by atoms with van der Waals surface area (Å²) in [6.07, 6.45) is 1.56. The molecule has 1 atom stereocenters. The first kappa shape index (κ1) is 15.7. The van der Waals surface area contributed by atoms with Gasteiger partial charge in [-0.05, 0) is 11.1 Å². The molecule has 126 valence electrons. The maximum atomic E-state index is 11.8. The number of hydrogen-bond donors (Lipinski definition) is 1. The Hall–Kier alpha value is -2.85. The Balaban J connectivity index is 1.73. The van der Waals surface area contributed by atoms with E-state index in [0.29, 0.717) is 13.1 Å². The highest BCUT2D eigenvalue weighted by Crippen LogP contribution is 2.31. The Labute approximate surface area is 146 Å². The summed E-state index contributed by atoms with van der Waals surface area (Å²) in [7, 11) is 0. The summed E-state index contributed by atoms with van der Waals surface area (Å²) >= 11 is 0. The third kappa shape index (κ3) is 3.21. The Bertz CT molecular complexity index is 920. The summed E-state index contributed by atoms with van der Waals surface area (Å²) < 4.78 is 2.00. The summed E-state index contributed by atoms with van der Waals surface area (Å²) in [6.45, 7) is 2.19. The molecular weight excluding hydrogens is 312 g/mol. The van der Waals surface area contributed by atoms with Crippen molar-refractivity contribution in [1.29, 1.82) is 0 Å². The minimum absolute atomic E-state index is 0.188. The molecule has 4 rings (SSSR count). The smallest absolute Gasteiger partial charge is 0.223 e. The number of benzene rings is 2. The molecule has 0 aliphatic carbocycles. The summed E-state index contributed by atoms with van der Waals surface area (Å²) in [5, 5.41) is 9.79. The highest BCUT2D eigenvalue weighted by Gasteiger charge is 2.27. The lowest BCUT2D eigenvalue weighted by Crippen LogP contribution is -2.37. The number of aromatic nitrogens is 1. The van der Waals surface area contributed by atoms with Crippen LogP contribution in [0.25, 0.3) is 0 Å². The van der Waals surface area contributed by atoms with Gasteiger partial charge in [-0.2, -0.15) is 0 Å². The SMILES string of the molecule is O=c1cc2n(cc1O)CC(c1ccccc1)N(Cc1ccccc1)C2. The fourth-order valence-electron chi connectivity index (χ4n) is 3.50. The first-order valence-corrected chi connectivity index (χ1v) is 8.46. The second-order valence-corrected chi connectivity index (χ2v) is 6.48. The molecular formula is C21H20N2O2. The van der Waals surface area contributed by atoms with E-state index in [1.165, 1.54) is 11.1 Å². The lowest BCUT2D eigenvalue weighted by Gasteiger charge is -2.38. The number of nitrogens with zero attached hydrogens (tertiary/aromatic N) is 2. The van der Waals surface area contributed by atoms with Crippen LogP contribution in [0.15, 0.2) is 77.7 Å². The van der Waals surface area contributed by atoms with Gasteiger partial charge in [0, 0.05) is 31.4 Å². The molecule has 3 aromatic rings. The number of aromatic hydroxyl groups is 1. The van der Waals surface area contributed by atoms with Crippen LogP contribution in [0.2, 0.25) is 0 Å². The molecule has 0 fully saturated rings. The highest BCUT2D eigenvalue weighted by atomic mass is 16.3. The average Bonchev–Trinajstić information content (AvgIpc) is 2.64. The van der Waals surface area contributed by atoms with E-state index in [0.717, 1.165) is 12.2 Å². The second kappa shape index (κ2) is 6.57. The van der Waals surface area contributed by atoms with Crippen molar-refractivity contribution in [1.82, 2.24) is 9.47 Å². The van der Waals surface area contributed by atoms with Gasteiger partial charge in [-0.15, -0.1) is 0 Å². The van der Waals surface area contributed by atoms with Gasteiger partial charge in [-0.1, -0.05) is 60.7 Å². The molecule has 0 amide bonds. The topological polar surface area (TPSA) is 45.5 Å². The molecule has 2 heterocycles. The lowest BCUT2D eigenvalue weighted by atomic mass is 10.0. The predicted octanol–water partition coefficient (Wildman–Crippen LogP) is 3.31. The van der Waals surface area contributed by atoms with E-state index in [9.17, 15) is 9.90 Å². The molecule has 4 heteroatoms. The van der Waals surface area contributed by atoms with Gasteiger partial charge >= 0.3 is 0 Å². The molecule has 1 aliphatic rings. The van der Waals surface area contributed by atoms with Crippen molar-refractivity contribution in [3.63, 3.8) is 0 Å². The maximum absolute atomic E-state index is 11.8. The van der Waals surface area contributed by atoms with Gasteiger partial charge in [0.05, 0.1) is 12.2 Å². The predicted molar refractivity (Wildman–Crippen MR) is 97.2 cm³/mol. The molecule has 1 unspecified atom stereocenters. The van der Waals surface area contributed by atoms with Crippen molar-refractivity contribution in [2.45, 2.75) is 25.7 Å². The molecule has 2 aromatic carbocycles. The maximum Gasteiger partial charge on any atom is 0.223 e. The Morgan fingerprint density at radius 2 is 1.68 bits per heavy atom. The van der Waals surface area contributed by atoms with E-state index in [-0.39, 0.29) is 17.2 Å². The van der Waals surface area contributed by atoms with Crippen molar-refractivity contribution in [2.24, 2.45) is 0 Å². The van der Waals surface area contributed by atoms with Crippen LogP contribution in [-0.4, -0.2) is 14.6 Å². The Morgan fingerprint density at radius 3 is 2.40 bits per heavy atom. The zero-order valence-corrected chi connectivity index (χ0v) is 13.9. The van der Waals surface area contributed by atoms with Crippen LogP contribution in [0.1, 0.15) is 22.9 Å². The number of pyridine rings is 1. The van der Waals surface area contributed by atoms with Crippen LogP contribution in [0.4, 0.5) is 0 Å². The van der Waals surface area contributed by atoms with Crippen molar-refractivity contribution >= 4 is 0 Å². The quantitative estimate of drug-likeness (QED) is 0.800. The lowest BCUT2D eigenvalue weighted by molar-refractivity contribution is 0.129. The van der Waals surface area contributed by atoms with E-state index in [2.05, 4.69) is 41.3 Å². The summed E-state index contributed by atoms with van der Waals surface area (Å²) in [4.78, 5) is 14.2. The monoisotopic (exact) mass is 332 g/mol. The Morgan fingerprint density at radius 1 is 1.00 bits per heavy atom. The van der Waals surface area contributed by atoms with Gasteiger partial charge in [0.15, 0.2) is 5.75 Å². The molecule has 0 bridgehead atoms. The molecule has 1 aliphatic heterocycles. The van der Waals surface area contributed by atoms with Gasteiger partial charge in [-0.25, -0.2) is 0 Å². The van der Waals surface area contributed by atoms with Gasteiger partial charge in [0.1, 0.15) is 0 Å². The van der Waals surface area contributed by atoms with E-state index in [4.69, 9.17) is 0 Å². The fraction of sp³-hybridized carbons (Fsp3) is 0.190. The molecule has 1 N–H and O–H groups in total. The van der Waals surface area contributed by atoms with Gasteiger partial charge in [0.2, 0.25) is 5.43 Å². The fourth-order valence-corrected chi connectivity index (χ4v) is 3.50. The average molecular weight is 332 g/mol. The summed E-state index contributed by atoms with van der Waals surface area (Å²) in [5.74, 6) is -0.188. The molecule has 25 heavy (non-hydrogen) atoms. The van der Waals surface area contributed by atoms with Crippen LogP contribution in [0.5, 0.6) is 5.75 Å². The minimum Gasteiger partial charge on any atom is -0.503 e. The summed E-state index contributed by atoms with van der Waals surface area (Å²) in [5.41, 5.74) is 3.11. The molecule has 0 spiro atoms. The Kier molecular flexibility index (Phi) is 4.12. The molecule has 4 nitrogen and oxygen atoms in total. The van der Waals surface area contributed by atoms with Crippen molar-refractivity contribution in [2.75, 3.05) is 0 Å². The summed E-state index contributed by atoms with van der Waals surface area (Å²) in [6, 6.07) is 22.5. The molecule has 0 radical (unpaired) electrons. The highest BCUT2D eigenvalue weighted by molar-refractivity contribution is 5.26. The van der Waals surface area contributed by atoms with Crippen molar-refractivity contribution in [3.8, 4) is 5.75 Å². The zero-order chi connectivity index (χ0) is 17.2. The molecule has 0 saturated heterocycles. The van der Waals surface area contributed by atoms with Crippen LogP contribution < -0.4 is 5.43 Å². The molecule has 1 aromatic heterocycles. The number of hydrogen-bond acceptors (Lipinski definition) is 3. The first-order chi connectivity index (χ1) is 12.2. The second-order valence-electron chi connectivity index (χ2n) is 6.48. The van der Waals surface area contributed by atoms with E-state index >= 15 is 0 Å². The van der Waals surface area contributed by atoms with Crippen LogP contribution in [-0.2, 0) is 19.6 Å². The normalized spacial score (nSPS) is 17.2. The van der Waals surface area contributed by atoms with E-state index < -0.39 is 0 Å². The van der Waals surface area contributed by atoms with Gasteiger partial charge < -0.3 is 9.67 Å². The van der Waals surface area contributed by atoms with E-state index in [1.54, 1.807) is 12.3 Å². The standard InChI is InChI=1S/C21H20N2O2/c24-20-11-18-13-23(12-16-7-3-1-4-8-16)19(14-22(18)15-21(20)25)17-9-5-2-6-10-17/h1-11,15,19,25H,12-14H2. The minimum atomic E-state index is -0.316. The number of rotatable bonds is 3. The van der Waals surface area contributed by atoms with Gasteiger partial charge in [0.25, 0.3) is 0 Å². The van der Waals surface area contributed by atoms with Crippen LogP contribution in [0, 0.1) is 0 Å². The van der Waals surface area contributed by atoms with Crippen molar-refractivity contribution < 1.29 is 5.11 Å².